The molecule has 0 radical (unpaired) electrons. The fourth-order valence-corrected chi connectivity index (χ4v) is 4.15. The fourth-order valence-electron chi connectivity index (χ4n) is 4.15. The predicted molar refractivity (Wildman–Crippen MR) is 89.3 cm³/mol. The molecule has 2 atom stereocenters. The maximum atomic E-state index is 3.86. The van der Waals surface area contributed by atoms with E-state index in [2.05, 4.69) is 47.5 Å². The van der Waals surface area contributed by atoms with Crippen LogP contribution in [0.1, 0.15) is 51.0 Å². The normalized spacial score (nSPS) is 28.6. The SMILES string of the molecule is CCC1CNC(C2CCCCC2)CN1Cc1ccccc1. The van der Waals surface area contributed by atoms with Gasteiger partial charge in [-0.15, -0.1) is 0 Å². The zero-order valence-corrected chi connectivity index (χ0v) is 13.4. The van der Waals surface area contributed by atoms with Crippen LogP contribution in [0.5, 0.6) is 0 Å². The average molecular weight is 286 g/mol. The molecule has 1 heterocycles. The van der Waals surface area contributed by atoms with Crippen molar-refractivity contribution in [2.75, 3.05) is 13.1 Å². The summed E-state index contributed by atoms with van der Waals surface area (Å²) in [5.41, 5.74) is 1.46. The van der Waals surface area contributed by atoms with Crippen LogP contribution in [0.2, 0.25) is 0 Å². The number of rotatable bonds is 4. The lowest BCUT2D eigenvalue weighted by Crippen LogP contribution is -2.58. The summed E-state index contributed by atoms with van der Waals surface area (Å²) in [6, 6.07) is 12.4. The third-order valence-electron chi connectivity index (χ3n) is 5.48. The Bertz CT molecular complexity index is 411. The molecule has 1 N–H and O–H groups in total. The number of nitrogens with zero attached hydrogens (tertiary/aromatic N) is 1. The van der Waals surface area contributed by atoms with Gasteiger partial charge >= 0.3 is 0 Å². The van der Waals surface area contributed by atoms with Crippen molar-refractivity contribution in [3.63, 3.8) is 0 Å². The maximum absolute atomic E-state index is 3.86. The molecule has 116 valence electrons. The van der Waals surface area contributed by atoms with E-state index >= 15 is 0 Å². The average Bonchev–Trinajstić information content (AvgIpc) is 2.56. The fraction of sp³-hybridized carbons (Fsp3) is 0.684. The van der Waals surface area contributed by atoms with Crippen molar-refractivity contribution < 1.29 is 0 Å². The first kappa shape index (κ1) is 15.1. The smallest absolute Gasteiger partial charge is 0.0237 e. The van der Waals surface area contributed by atoms with Gasteiger partial charge in [0.15, 0.2) is 0 Å². The second-order valence-electron chi connectivity index (χ2n) is 6.89. The summed E-state index contributed by atoms with van der Waals surface area (Å²) in [5.74, 6) is 0.912. The van der Waals surface area contributed by atoms with E-state index in [4.69, 9.17) is 0 Å². The van der Waals surface area contributed by atoms with Crippen molar-refractivity contribution in [2.24, 2.45) is 5.92 Å². The maximum Gasteiger partial charge on any atom is 0.0237 e. The highest BCUT2D eigenvalue weighted by Gasteiger charge is 2.31. The van der Waals surface area contributed by atoms with E-state index in [0.717, 1.165) is 18.5 Å². The highest BCUT2D eigenvalue weighted by Crippen LogP contribution is 2.29. The van der Waals surface area contributed by atoms with Crippen LogP contribution < -0.4 is 5.32 Å². The molecule has 2 fully saturated rings. The Morgan fingerprint density at radius 3 is 2.57 bits per heavy atom. The molecule has 1 aromatic rings. The van der Waals surface area contributed by atoms with E-state index in [9.17, 15) is 0 Å². The minimum atomic E-state index is 0.699. The van der Waals surface area contributed by atoms with Crippen molar-refractivity contribution >= 4 is 0 Å². The van der Waals surface area contributed by atoms with E-state index in [1.165, 1.54) is 57.2 Å². The molecule has 1 aliphatic carbocycles. The summed E-state index contributed by atoms with van der Waals surface area (Å²) in [6.45, 7) is 5.85. The number of piperazine rings is 1. The molecule has 21 heavy (non-hydrogen) atoms. The molecule has 1 saturated carbocycles. The molecule has 0 amide bonds. The van der Waals surface area contributed by atoms with E-state index in [1.807, 2.05) is 0 Å². The van der Waals surface area contributed by atoms with E-state index in [0.29, 0.717) is 6.04 Å². The van der Waals surface area contributed by atoms with Gasteiger partial charge in [0.25, 0.3) is 0 Å². The van der Waals surface area contributed by atoms with Crippen molar-refractivity contribution in [1.29, 1.82) is 0 Å². The predicted octanol–water partition coefficient (Wildman–Crippen LogP) is 3.82. The van der Waals surface area contributed by atoms with Crippen molar-refractivity contribution in [3.05, 3.63) is 35.9 Å². The Morgan fingerprint density at radius 2 is 1.86 bits per heavy atom. The second-order valence-corrected chi connectivity index (χ2v) is 6.89. The third kappa shape index (κ3) is 3.87. The van der Waals surface area contributed by atoms with Gasteiger partial charge in [0, 0.05) is 31.7 Å². The van der Waals surface area contributed by atoms with Crippen LogP contribution in [0.4, 0.5) is 0 Å². The minimum absolute atomic E-state index is 0.699. The Balaban J connectivity index is 1.64. The Morgan fingerprint density at radius 1 is 1.10 bits per heavy atom. The molecule has 2 aliphatic rings. The van der Waals surface area contributed by atoms with Crippen LogP contribution in [0.15, 0.2) is 30.3 Å². The summed E-state index contributed by atoms with van der Waals surface area (Å²) in [6.07, 6.45) is 8.46. The molecule has 2 unspecified atom stereocenters. The third-order valence-corrected chi connectivity index (χ3v) is 5.48. The molecule has 2 heteroatoms. The Labute approximate surface area is 129 Å². The summed E-state index contributed by atoms with van der Waals surface area (Å²) in [7, 11) is 0. The molecule has 3 rings (SSSR count). The summed E-state index contributed by atoms with van der Waals surface area (Å²) in [4.78, 5) is 2.73. The largest absolute Gasteiger partial charge is 0.311 e. The molecular formula is C19H30N2. The molecule has 0 aromatic heterocycles. The zero-order chi connectivity index (χ0) is 14.5. The second kappa shape index (κ2) is 7.42. The first-order valence-electron chi connectivity index (χ1n) is 8.88. The van der Waals surface area contributed by atoms with Crippen molar-refractivity contribution in [3.8, 4) is 0 Å². The van der Waals surface area contributed by atoms with Gasteiger partial charge in [0.2, 0.25) is 0 Å². The van der Waals surface area contributed by atoms with Gasteiger partial charge in [-0.1, -0.05) is 56.5 Å². The molecular weight excluding hydrogens is 256 g/mol. The van der Waals surface area contributed by atoms with E-state index in [1.54, 1.807) is 0 Å². The number of hydrogen-bond acceptors (Lipinski definition) is 2. The lowest BCUT2D eigenvalue weighted by atomic mass is 9.82. The molecule has 2 nitrogen and oxygen atoms in total. The molecule has 1 aromatic carbocycles. The van der Waals surface area contributed by atoms with Crippen LogP contribution in [-0.4, -0.2) is 30.1 Å². The number of nitrogens with one attached hydrogen (secondary N) is 1. The standard InChI is InChI=1S/C19H30N2/c1-2-18-13-20-19(17-11-7-4-8-12-17)15-21(18)14-16-9-5-3-6-10-16/h3,5-6,9-10,17-20H,2,4,7-8,11-15H2,1H3. The van der Waals surface area contributed by atoms with E-state index < -0.39 is 0 Å². The van der Waals surface area contributed by atoms with Gasteiger partial charge < -0.3 is 5.32 Å². The van der Waals surface area contributed by atoms with Crippen molar-refractivity contribution in [2.45, 2.75) is 64.1 Å². The van der Waals surface area contributed by atoms with Crippen LogP contribution in [0, 0.1) is 5.92 Å². The monoisotopic (exact) mass is 286 g/mol. The van der Waals surface area contributed by atoms with Gasteiger partial charge in [-0.05, 0) is 30.7 Å². The topological polar surface area (TPSA) is 15.3 Å². The highest BCUT2D eigenvalue weighted by molar-refractivity contribution is 5.15. The van der Waals surface area contributed by atoms with Crippen LogP contribution >= 0.6 is 0 Å². The van der Waals surface area contributed by atoms with Crippen LogP contribution in [0.25, 0.3) is 0 Å². The molecule has 0 spiro atoms. The molecule has 1 aliphatic heterocycles. The quantitative estimate of drug-likeness (QED) is 0.905. The number of hydrogen-bond donors (Lipinski definition) is 1. The van der Waals surface area contributed by atoms with Gasteiger partial charge in [0.1, 0.15) is 0 Å². The van der Waals surface area contributed by atoms with Gasteiger partial charge in [-0.3, -0.25) is 4.90 Å². The summed E-state index contributed by atoms with van der Waals surface area (Å²) < 4.78 is 0. The summed E-state index contributed by atoms with van der Waals surface area (Å²) >= 11 is 0. The highest BCUT2D eigenvalue weighted by atomic mass is 15.2. The number of benzene rings is 1. The first-order valence-corrected chi connectivity index (χ1v) is 8.88. The van der Waals surface area contributed by atoms with Crippen LogP contribution in [0.3, 0.4) is 0 Å². The lowest BCUT2D eigenvalue weighted by Gasteiger charge is -2.44. The first-order chi connectivity index (χ1) is 10.4. The summed E-state index contributed by atoms with van der Waals surface area (Å²) in [5, 5.41) is 3.86. The molecule has 0 bridgehead atoms. The van der Waals surface area contributed by atoms with E-state index in [-0.39, 0.29) is 0 Å². The van der Waals surface area contributed by atoms with Crippen molar-refractivity contribution in [1.82, 2.24) is 10.2 Å². The van der Waals surface area contributed by atoms with Gasteiger partial charge in [-0.25, -0.2) is 0 Å². The molecule has 1 saturated heterocycles. The Hall–Kier alpha value is -0.860. The zero-order valence-electron chi connectivity index (χ0n) is 13.4. The van der Waals surface area contributed by atoms with Crippen LogP contribution in [-0.2, 0) is 6.54 Å². The Kier molecular flexibility index (Phi) is 5.32. The minimum Gasteiger partial charge on any atom is -0.311 e. The lowest BCUT2D eigenvalue weighted by molar-refractivity contribution is 0.0873. The van der Waals surface area contributed by atoms with Gasteiger partial charge in [0.05, 0.1) is 0 Å². The van der Waals surface area contributed by atoms with Gasteiger partial charge in [-0.2, -0.15) is 0 Å².